The minimum atomic E-state index is -3.75. The predicted molar refractivity (Wildman–Crippen MR) is 132 cm³/mol. The van der Waals surface area contributed by atoms with Crippen molar-refractivity contribution in [2.75, 3.05) is 58.1 Å². The third-order valence-corrected chi connectivity index (χ3v) is 7.34. The smallest absolute Gasteiger partial charge is 0.242 e. The largest absolute Gasteiger partial charge is 0.473 e. The molecule has 35 heavy (non-hydrogen) atoms. The average molecular weight is 501 g/mol. The van der Waals surface area contributed by atoms with E-state index < -0.39 is 27.8 Å². The maximum absolute atomic E-state index is 12.6. The highest BCUT2D eigenvalue weighted by molar-refractivity contribution is 7.89. The number of pyridine rings is 1. The zero-order valence-electron chi connectivity index (χ0n) is 19.8. The molecule has 0 saturated carbocycles. The van der Waals surface area contributed by atoms with Crippen LogP contribution in [0.2, 0.25) is 0 Å². The first-order valence-electron chi connectivity index (χ1n) is 11.1. The van der Waals surface area contributed by atoms with Crippen LogP contribution in [-0.4, -0.2) is 92.9 Å². The van der Waals surface area contributed by atoms with Crippen molar-refractivity contribution in [2.24, 2.45) is 0 Å². The Balaban J connectivity index is 1.53. The molecule has 186 valence electrons. The third-order valence-electron chi connectivity index (χ3n) is 5.60. The van der Waals surface area contributed by atoms with Gasteiger partial charge in [0.2, 0.25) is 21.8 Å². The monoisotopic (exact) mass is 500 g/mol. The number of carbonyl (C=O) groups excluding carboxylic acids is 1. The zero-order valence-corrected chi connectivity index (χ0v) is 20.7. The van der Waals surface area contributed by atoms with Gasteiger partial charge >= 0.3 is 0 Å². The van der Waals surface area contributed by atoms with Gasteiger partial charge in [0.05, 0.1) is 17.8 Å². The van der Waals surface area contributed by atoms with Gasteiger partial charge in [0.15, 0.2) is 5.52 Å². The van der Waals surface area contributed by atoms with Crippen molar-refractivity contribution in [1.82, 2.24) is 24.6 Å². The highest BCUT2D eigenvalue weighted by atomic mass is 32.2. The number of aromatic nitrogens is 3. The van der Waals surface area contributed by atoms with Crippen LogP contribution in [0.1, 0.15) is 0 Å². The molecule has 1 saturated heterocycles. The van der Waals surface area contributed by atoms with Gasteiger partial charge in [-0.05, 0) is 18.2 Å². The molecule has 3 aromatic rings. The Bertz CT molecular complexity index is 1300. The van der Waals surface area contributed by atoms with E-state index in [0.717, 1.165) is 11.3 Å². The van der Waals surface area contributed by atoms with Crippen LogP contribution in [0.25, 0.3) is 22.3 Å². The fourth-order valence-corrected chi connectivity index (χ4v) is 5.07. The Labute approximate surface area is 204 Å². The normalized spacial score (nSPS) is 16.7. The van der Waals surface area contributed by atoms with E-state index in [1.165, 1.54) is 11.4 Å². The molecule has 1 aromatic carbocycles. The molecule has 2 aromatic heterocycles. The molecule has 12 heteroatoms. The summed E-state index contributed by atoms with van der Waals surface area (Å²) in [6.45, 7) is 0.524. The highest BCUT2D eigenvalue weighted by Crippen LogP contribution is 2.28. The summed E-state index contributed by atoms with van der Waals surface area (Å²) in [5.41, 5.74) is 3.77. The van der Waals surface area contributed by atoms with Gasteiger partial charge in [-0.1, -0.05) is 12.1 Å². The van der Waals surface area contributed by atoms with Crippen molar-refractivity contribution in [2.45, 2.75) is 6.10 Å². The second kappa shape index (κ2) is 10.5. The molecule has 1 aliphatic rings. The van der Waals surface area contributed by atoms with Crippen LogP contribution in [-0.2, 0) is 19.6 Å². The number of fused-ring (bicyclic) bond motifs is 1. The van der Waals surface area contributed by atoms with Crippen molar-refractivity contribution in [3.63, 3.8) is 0 Å². The second-order valence-corrected chi connectivity index (χ2v) is 10.2. The van der Waals surface area contributed by atoms with Crippen LogP contribution in [0.15, 0.2) is 42.7 Å². The molecule has 0 spiro atoms. The minimum absolute atomic E-state index is 0.0632. The van der Waals surface area contributed by atoms with E-state index in [1.54, 1.807) is 12.4 Å². The Morgan fingerprint density at radius 2 is 1.97 bits per heavy atom. The Morgan fingerprint density at radius 1 is 1.23 bits per heavy atom. The van der Waals surface area contributed by atoms with E-state index in [-0.39, 0.29) is 32.2 Å². The van der Waals surface area contributed by atoms with E-state index in [0.29, 0.717) is 16.7 Å². The Hall–Kier alpha value is -3.35. The van der Waals surface area contributed by atoms with Crippen LogP contribution in [0.5, 0.6) is 5.88 Å². The van der Waals surface area contributed by atoms with Crippen molar-refractivity contribution in [3.05, 3.63) is 42.7 Å². The molecule has 11 nitrogen and oxygen atoms in total. The molecular formula is C23H28N6O5S. The summed E-state index contributed by atoms with van der Waals surface area (Å²) in [7, 11) is 1.60. The third kappa shape index (κ3) is 5.84. The lowest BCUT2D eigenvalue weighted by atomic mass is 10.1. The van der Waals surface area contributed by atoms with Crippen molar-refractivity contribution >= 4 is 32.7 Å². The number of rotatable bonds is 8. The van der Waals surface area contributed by atoms with Crippen LogP contribution in [0, 0.1) is 0 Å². The van der Waals surface area contributed by atoms with Gasteiger partial charge < -0.3 is 19.7 Å². The number of sulfonamides is 1. The lowest BCUT2D eigenvalue weighted by Crippen LogP contribution is -2.49. The molecule has 3 heterocycles. The SMILES string of the molecule is CNC(=O)CS(=O)(=O)N1CCO[C@H](COc2nc(-c3ccc(N(C)C)cc3)cc3nccnc23)C1. The van der Waals surface area contributed by atoms with E-state index in [2.05, 4.69) is 20.3 Å². The van der Waals surface area contributed by atoms with Gasteiger partial charge in [-0.15, -0.1) is 0 Å². The van der Waals surface area contributed by atoms with Crippen LogP contribution < -0.4 is 15.0 Å². The number of amides is 1. The summed E-state index contributed by atoms with van der Waals surface area (Å²) >= 11 is 0. The molecule has 1 N–H and O–H groups in total. The van der Waals surface area contributed by atoms with Gasteiger partial charge in [-0.25, -0.2) is 18.4 Å². The number of nitrogens with zero attached hydrogens (tertiary/aromatic N) is 5. The molecule has 0 aliphatic carbocycles. The maximum atomic E-state index is 12.6. The molecule has 0 radical (unpaired) electrons. The first kappa shape index (κ1) is 24.8. The van der Waals surface area contributed by atoms with Gasteiger partial charge in [0.25, 0.3) is 0 Å². The van der Waals surface area contributed by atoms with Crippen LogP contribution in [0.3, 0.4) is 0 Å². The summed E-state index contributed by atoms with van der Waals surface area (Å²) in [5.74, 6) is -0.877. The lowest BCUT2D eigenvalue weighted by molar-refractivity contribution is -0.118. The quantitative estimate of drug-likeness (QED) is 0.480. The predicted octanol–water partition coefficient (Wildman–Crippen LogP) is 0.913. The number of carbonyl (C=O) groups is 1. The minimum Gasteiger partial charge on any atom is -0.473 e. The summed E-state index contributed by atoms with van der Waals surface area (Å²) in [6.07, 6.45) is 2.64. The zero-order chi connectivity index (χ0) is 25.0. The number of benzene rings is 1. The molecular weight excluding hydrogens is 472 g/mol. The molecule has 1 fully saturated rings. The van der Waals surface area contributed by atoms with Gasteiger partial charge in [-0.2, -0.15) is 4.31 Å². The number of morpholine rings is 1. The number of ether oxygens (including phenoxy) is 2. The molecule has 0 bridgehead atoms. The summed E-state index contributed by atoms with van der Waals surface area (Å²) in [4.78, 5) is 27.0. The number of nitrogens with one attached hydrogen (secondary N) is 1. The second-order valence-electron chi connectivity index (χ2n) is 8.27. The highest BCUT2D eigenvalue weighted by Gasteiger charge is 2.31. The standard InChI is InChI=1S/C23H28N6O5S/c1-24-21(30)15-35(31,32)29-10-11-33-18(13-29)14-34-23-22-20(25-8-9-26-22)12-19(27-23)16-4-6-17(7-5-16)28(2)3/h4-9,12,18H,10-11,13-15H2,1-3H3,(H,24,30)/t18-/m0/s1. The summed E-state index contributed by atoms with van der Waals surface area (Å²) < 4.78 is 38.1. The van der Waals surface area contributed by atoms with Crippen molar-refractivity contribution in [3.8, 4) is 17.1 Å². The summed E-state index contributed by atoms with van der Waals surface area (Å²) in [5, 5.41) is 2.34. The Kier molecular flexibility index (Phi) is 7.43. The van der Waals surface area contributed by atoms with Crippen LogP contribution in [0.4, 0.5) is 5.69 Å². The molecule has 0 unspecified atom stereocenters. The topological polar surface area (TPSA) is 127 Å². The average Bonchev–Trinajstić information content (AvgIpc) is 2.87. The van der Waals surface area contributed by atoms with E-state index >= 15 is 0 Å². The molecule has 4 rings (SSSR count). The van der Waals surface area contributed by atoms with Gasteiger partial charge in [-0.3, -0.25) is 9.78 Å². The lowest BCUT2D eigenvalue weighted by Gasteiger charge is -2.31. The van der Waals surface area contributed by atoms with E-state index in [9.17, 15) is 13.2 Å². The molecule has 1 amide bonds. The number of hydrogen-bond acceptors (Lipinski definition) is 9. The van der Waals surface area contributed by atoms with Gasteiger partial charge in [0.1, 0.15) is 18.5 Å². The van der Waals surface area contributed by atoms with Gasteiger partial charge in [0, 0.05) is 57.9 Å². The van der Waals surface area contributed by atoms with Crippen LogP contribution >= 0.6 is 0 Å². The molecule has 1 atom stereocenters. The number of anilines is 1. The van der Waals surface area contributed by atoms with E-state index in [1.807, 2.05) is 49.3 Å². The maximum Gasteiger partial charge on any atom is 0.242 e. The van der Waals surface area contributed by atoms with Crippen molar-refractivity contribution in [1.29, 1.82) is 0 Å². The fourth-order valence-electron chi connectivity index (χ4n) is 3.67. The number of hydrogen-bond donors (Lipinski definition) is 1. The fraction of sp³-hybridized carbons (Fsp3) is 0.391. The first-order valence-corrected chi connectivity index (χ1v) is 12.7. The van der Waals surface area contributed by atoms with E-state index in [4.69, 9.17) is 9.47 Å². The first-order chi connectivity index (χ1) is 16.8. The molecule has 1 aliphatic heterocycles. The van der Waals surface area contributed by atoms with Crippen molar-refractivity contribution < 1.29 is 22.7 Å². The Morgan fingerprint density at radius 3 is 2.69 bits per heavy atom. The summed E-state index contributed by atoms with van der Waals surface area (Å²) in [6, 6.07) is 9.81.